The molecule has 1 amide bonds. The van der Waals surface area contributed by atoms with Crippen molar-refractivity contribution in [1.82, 2.24) is 14.5 Å². The Balaban J connectivity index is 1.59. The first-order valence-electron chi connectivity index (χ1n) is 7.42. The van der Waals surface area contributed by atoms with Crippen molar-refractivity contribution in [2.45, 2.75) is 13.0 Å². The summed E-state index contributed by atoms with van der Waals surface area (Å²) in [7, 11) is 0. The Morgan fingerprint density at radius 1 is 1.18 bits per heavy atom. The van der Waals surface area contributed by atoms with Gasteiger partial charge < -0.3 is 14.4 Å². The maximum absolute atomic E-state index is 13.0. The topological polar surface area (TPSA) is 41.4 Å². The van der Waals surface area contributed by atoms with Gasteiger partial charge in [0.2, 0.25) is 5.91 Å². The average molecular weight is 302 g/mol. The van der Waals surface area contributed by atoms with Crippen LogP contribution in [0.15, 0.2) is 43.0 Å². The van der Waals surface area contributed by atoms with E-state index in [2.05, 4.69) is 9.88 Å². The molecule has 0 unspecified atom stereocenters. The summed E-state index contributed by atoms with van der Waals surface area (Å²) < 4.78 is 14.8. The Morgan fingerprint density at radius 3 is 2.45 bits per heavy atom. The SMILES string of the molecule is C[C@@H](C(=O)N1CCN(c2ccc(F)cc2)CC1)n1ccnc1. The van der Waals surface area contributed by atoms with Crippen molar-refractivity contribution >= 4 is 11.6 Å². The van der Waals surface area contributed by atoms with Gasteiger partial charge in [-0.25, -0.2) is 9.37 Å². The van der Waals surface area contributed by atoms with Crippen molar-refractivity contribution < 1.29 is 9.18 Å². The Morgan fingerprint density at radius 2 is 1.86 bits per heavy atom. The number of imidazole rings is 1. The van der Waals surface area contributed by atoms with Crippen molar-refractivity contribution in [3.05, 3.63) is 48.8 Å². The van der Waals surface area contributed by atoms with Crippen LogP contribution in [-0.4, -0.2) is 46.5 Å². The molecule has 0 bridgehead atoms. The summed E-state index contributed by atoms with van der Waals surface area (Å²) in [6.45, 7) is 4.75. The molecule has 116 valence electrons. The van der Waals surface area contributed by atoms with Gasteiger partial charge in [-0.1, -0.05) is 0 Å². The van der Waals surface area contributed by atoms with Gasteiger partial charge in [-0.2, -0.15) is 0 Å². The molecule has 2 aromatic rings. The van der Waals surface area contributed by atoms with Crippen LogP contribution in [-0.2, 0) is 4.79 Å². The summed E-state index contributed by atoms with van der Waals surface area (Å²) in [5, 5.41) is 0. The minimum absolute atomic E-state index is 0.108. The van der Waals surface area contributed by atoms with Crippen LogP contribution in [0.5, 0.6) is 0 Å². The number of nitrogens with zero attached hydrogens (tertiary/aromatic N) is 4. The molecule has 0 aliphatic carbocycles. The maximum atomic E-state index is 13.0. The summed E-state index contributed by atoms with van der Waals surface area (Å²) in [5.41, 5.74) is 0.996. The van der Waals surface area contributed by atoms with Crippen LogP contribution in [0, 0.1) is 5.82 Å². The van der Waals surface area contributed by atoms with E-state index in [1.807, 2.05) is 16.4 Å². The summed E-state index contributed by atoms with van der Waals surface area (Å²) >= 11 is 0. The van der Waals surface area contributed by atoms with Crippen LogP contribution >= 0.6 is 0 Å². The number of amides is 1. The molecule has 0 radical (unpaired) electrons. The van der Waals surface area contributed by atoms with Gasteiger partial charge in [-0.05, 0) is 31.2 Å². The number of carbonyl (C=O) groups excluding carboxylic acids is 1. The Hall–Kier alpha value is -2.37. The lowest BCUT2D eigenvalue weighted by molar-refractivity contribution is -0.134. The minimum Gasteiger partial charge on any atom is -0.368 e. The molecule has 1 fully saturated rings. The molecule has 3 rings (SSSR count). The zero-order valence-electron chi connectivity index (χ0n) is 12.5. The van der Waals surface area contributed by atoms with Gasteiger partial charge in [0.05, 0.1) is 6.33 Å². The Bertz CT molecular complexity index is 618. The lowest BCUT2D eigenvalue weighted by atomic mass is 10.2. The van der Waals surface area contributed by atoms with Crippen molar-refractivity contribution in [1.29, 1.82) is 0 Å². The molecule has 5 nitrogen and oxygen atoms in total. The second-order valence-electron chi connectivity index (χ2n) is 5.47. The zero-order chi connectivity index (χ0) is 15.5. The summed E-state index contributed by atoms with van der Waals surface area (Å²) in [5.74, 6) is -0.122. The van der Waals surface area contributed by atoms with Gasteiger partial charge in [-0.15, -0.1) is 0 Å². The van der Waals surface area contributed by atoms with Gasteiger partial charge in [0, 0.05) is 44.3 Å². The van der Waals surface area contributed by atoms with E-state index in [9.17, 15) is 9.18 Å². The summed E-state index contributed by atoms with van der Waals surface area (Å²) in [6, 6.07) is 6.25. The molecule has 0 N–H and O–H groups in total. The third kappa shape index (κ3) is 2.95. The van der Waals surface area contributed by atoms with Crippen LogP contribution in [0.25, 0.3) is 0 Å². The number of aromatic nitrogens is 2. The predicted octanol–water partition coefficient (Wildman–Crippen LogP) is 1.93. The number of hydrogen-bond donors (Lipinski definition) is 0. The van der Waals surface area contributed by atoms with E-state index in [0.29, 0.717) is 13.1 Å². The van der Waals surface area contributed by atoms with Crippen LogP contribution in [0.4, 0.5) is 10.1 Å². The predicted molar refractivity (Wildman–Crippen MR) is 82.1 cm³/mol. The number of halogens is 1. The molecule has 2 heterocycles. The maximum Gasteiger partial charge on any atom is 0.245 e. The Kier molecular flexibility index (Phi) is 4.09. The first-order valence-corrected chi connectivity index (χ1v) is 7.42. The fraction of sp³-hybridized carbons (Fsp3) is 0.375. The molecule has 1 atom stereocenters. The number of carbonyl (C=O) groups is 1. The molecular formula is C16H19FN4O. The molecule has 1 aromatic heterocycles. The lowest BCUT2D eigenvalue weighted by Gasteiger charge is -2.37. The molecular weight excluding hydrogens is 283 g/mol. The van der Waals surface area contributed by atoms with E-state index in [1.165, 1.54) is 12.1 Å². The standard InChI is InChI=1S/C16H19FN4O/c1-13(21-7-6-18-12-21)16(22)20-10-8-19(9-11-20)15-4-2-14(17)3-5-15/h2-7,12-13H,8-11H2,1H3/t13-/m0/s1. The van der Waals surface area contributed by atoms with E-state index >= 15 is 0 Å². The van der Waals surface area contributed by atoms with Crippen molar-refractivity contribution in [2.24, 2.45) is 0 Å². The largest absolute Gasteiger partial charge is 0.368 e. The molecule has 1 aromatic carbocycles. The van der Waals surface area contributed by atoms with Gasteiger partial charge in [0.1, 0.15) is 11.9 Å². The highest BCUT2D eigenvalue weighted by Crippen LogP contribution is 2.18. The molecule has 0 spiro atoms. The number of piperazine rings is 1. The summed E-state index contributed by atoms with van der Waals surface area (Å²) in [6.07, 6.45) is 5.14. The van der Waals surface area contributed by atoms with E-state index < -0.39 is 0 Å². The second-order valence-corrected chi connectivity index (χ2v) is 5.47. The van der Waals surface area contributed by atoms with Crippen molar-refractivity contribution in [2.75, 3.05) is 31.1 Å². The molecule has 0 saturated carbocycles. The van der Waals surface area contributed by atoms with Crippen LogP contribution in [0.3, 0.4) is 0 Å². The first-order chi connectivity index (χ1) is 10.6. The minimum atomic E-state index is -0.236. The van der Waals surface area contributed by atoms with Gasteiger partial charge in [-0.3, -0.25) is 4.79 Å². The van der Waals surface area contributed by atoms with Crippen LogP contribution in [0.1, 0.15) is 13.0 Å². The molecule has 22 heavy (non-hydrogen) atoms. The van der Waals surface area contributed by atoms with E-state index in [-0.39, 0.29) is 17.8 Å². The molecule has 6 heteroatoms. The number of rotatable bonds is 3. The molecule has 1 saturated heterocycles. The summed E-state index contributed by atoms with van der Waals surface area (Å²) in [4.78, 5) is 20.5. The van der Waals surface area contributed by atoms with Crippen molar-refractivity contribution in [3.8, 4) is 0 Å². The molecule has 1 aliphatic heterocycles. The van der Waals surface area contributed by atoms with Crippen LogP contribution in [0.2, 0.25) is 0 Å². The highest BCUT2D eigenvalue weighted by Gasteiger charge is 2.25. The molecule has 1 aliphatic rings. The van der Waals surface area contributed by atoms with Crippen LogP contribution < -0.4 is 4.90 Å². The van der Waals surface area contributed by atoms with Gasteiger partial charge in [0.25, 0.3) is 0 Å². The zero-order valence-corrected chi connectivity index (χ0v) is 12.5. The number of benzene rings is 1. The smallest absolute Gasteiger partial charge is 0.245 e. The fourth-order valence-electron chi connectivity index (χ4n) is 2.73. The highest BCUT2D eigenvalue weighted by molar-refractivity contribution is 5.80. The normalized spacial score (nSPS) is 16.6. The van der Waals surface area contributed by atoms with E-state index in [1.54, 1.807) is 30.9 Å². The quantitative estimate of drug-likeness (QED) is 0.870. The van der Waals surface area contributed by atoms with Crippen molar-refractivity contribution in [3.63, 3.8) is 0 Å². The van der Waals surface area contributed by atoms with E-state index in [0.717, 1.165) is 18.8 Å². The number of hydrogen-bond acceptors (Lipinski definition) is 3. The Labute approximate surface area is 129 Å². The number of anilines is 1. The highest BCUT2D eigenvalue weighted by atomic mass is 19.1. The average Bonchev–Trinajstić information content (AvgIpc) is 3.09. The third-order valence-electron chi connectivity index (χ3n) is 4.11. The van der Waals surface area contributed by atoms with Gasteiger partial charge >= 0.3 is 0 Å². The monoisotopic (exact) mass is 302 g/mol. The lowest BCUT2D eigenvalue weighted by Crippen LogP contribution is -2.50. The fourth-order valence-corrected chi connectivity index (χ4v) is 2.73. The third-order valence-corrected chi connectivity index (χ3v) is 4.11. The first kappa shape index (κ1) is 14.6. The second kappa shape index (κ2) is 6.17. The van der Waals surface area contributed by atoms with Gasteiger partial charge in [0.15, 0.2) is 0 Å². The van der Waals surface area contributed by atoms with E-state index in [4.69, 9.17) is 0 Å².